The normalized spacial score (nSPS) is 10.8. The summed E-state index contributed by atoms with van der Waals surface area (Å²) in [5, 5.41) is 10.5. The van der Waals surface area contributed by atoms with Crippen molar-refractivity contribution in [2.45, 2.75) is 13.3 Å². The molecule has 80 valence electrons. The van der Waals surface area contributed by atoms with E-state index in [2.05, 4.69) is 0 Å². The van der Waals surface area contributed by atoms with Crippen LogP contribution in [0.2, 0.25) is 0 Å². The molecule has 0 amide bonds. The smallest absolute Gasteiger partial charge is 0.258 e. The Balaban J connectivity index is 2.88. The minimum atomic E-state index is -0.390. The summed E-state index contributed by atoms with van der Waals surface area (Å²) in [6.45, 7) is 1.85. The van der Waals surface area contributed by atoms with Crippen LogP contribution < -0.4 is 0 Å². The molecule has 0 aliphatic heterocycles. The lowest BCUT2D eigenvalue weighted by atomic mass is 10.1. The number of benzene rings is 1. The van der Waals surface area contributed by atoms with Crippen LogP contribution in [0.5, 0.6) is 0 Å². The molecule has 1 aromatic rings. The van der Waals surface area contributed by atoms with Crippen LogP contribution in [0, 0.1) is 17.0 Å². The molecule has 0 aromatic heterocycles. The molecule has 0 heterocycles. The van der Waals surface area contributed by atoms with Crippen LogP contribution in [0.25, 0.3) is 6.08 Å². The first-order chi connectivity index (χ1) is 7.15. The highest BCUT2D eigenvalue weighted by Crippen LogP contribution is 2.18. The Hall–Kier alpha value is -1.35. The van der Waals surface area contributed by atoms with Crippen molar-refractivity contribution in [2.75, 3.05) is 5.88 Å². The minimum Gasteiger partial charge on any atom is -0.258 e. The second-order valence-electron chi connectivity index (χ2n) is 3.18. The van der Waals surface area contributed by atoms with Crippen LogP contribution in [0.4, 0.5) is 5.69 Å². The van der Waals surface area contributed by atoms with E-state index in [4.69, 9.17) is 11.6 Å². The fraction of sp³-hybridized carbons (Fsp3) is 0.273. The van der Waals surface area contributed by atoms with Gasteiger partial charge in [-0.3, -0.25) is 10.1 Å². The van der Waals surface area contributed by atoms with Gasteiger partial charge in [0.1, 0.15) is 0 Å². The molecule has 0 fully saturated rings. The summed E-state index contributed by atoms with van der Waals surface area (Å²) < 4.78 is 0. The predicted molar refractivity (Wildman–Crippen MR) is 62.2 cm³/mol. The molecule has 0 aliphatic rings. The maximum absolute atomic E-state index is 10.5. The van der Waals surface area contributed by atoms with Crippen molar-refractivity contribution in [3.63, 3.8) is 0 Å². The van der Waals surface area contributed by atoms with Crippen molar-refractivity contribution < 1.29 is 4.92 Å². The number of non-ortho nitro benzene ring substituents is 1. The van der Waals surface area contributed by atoms with Crippen molar-refractivity contribution in [3.05, 3.63) is 45.5 Å². The molecular formula is C11H12ClNO2. The van der Waals surface area contributed by atoms with Crippen molar-refractivity contribution in [1.29, 1.82) is 0 Å². The largest absolute Gasteiger partial charge is 0.269 e. The first-order valence-electron chi connectivity index (χ1n) is 4.62. The molecular weight excluding hydrogens is 214 g/mol. The molecule has 0 N–H and O–H groups in total. The molecule has 0 atom stereocenters. The number of nitro benzene ring substituents is 1. The lowest BCUT2D eigenvalue weighted by Crippen LogP contribution is -1.89. The summed E-state index contributed by atoms with van der Waals surface area (Å²) in [5.74, 6) is 0.586. The number of nitro groups is 1. The summed E-state index contributed by atoms with van der Waals surface area (Å²) in [5.41, 5.74) is 2.02. The van der Waals surface area contributed by atoms with Gasteiger partial charge in [0.25, 0.3) is 5.69 Å². The molecule has 0 unspecified atom stereocenters. The molecule has 0 aliphatic carbocycles. The van der Waals surface area contributed by atoms with Gasteiger partial charge in [0.15, 0.2) is 0 Å². The lowest BCUT2D eigenvalue weighted by molar-refractivity contribution is -0.384. The van der Waals surface area contributed by atoms with E-state index < -0.39 is 0 Å². The maximum atomic E-state index is 10.5. The van der Waals surface area contributed by atoms with Gasteiger partial charge in [0.2, 0.25) is 0 Å². The van der Waals surface area contributed by atoms with Crippen LogP contribution in [0.1, 0.15) is 17.5 Å². The van der Waals surface area contributed by atoms with E-state index in [1.165, 1.54) is 6.07 Å². The number of rotatable bonds is 4. The van der Waals surface area contributed by atoms with Gasteiger partial charge < -0.3 is 0 Å². The lowest BCUT2D eigenvalue weighted by Gasteiger charge is -1.99. The number of hydrogen-bond donors (Lipinski definition) is 0. The Kier molecular flexibility index (Phi) is 4.31. The highest BCUT2D eigenvalue weighted by molar-refractivity contribution is 6.17. The summed E-state index contributed by atoms with van der Waals surface area (Å²) in [7, 11) is 0. The Morgan fingerprint density at radius 3 is 2.80 bits per heavy atom. The van der Waals surface area contributed by atoms with Gasteiger partial charge in [-0.15, -0.1) is 11.6 Å². The average molecular weight is 226 g/mol. The van der Waals surface area contributed by atoms with Crippen LogP contribution in [0.3, 0.4) is 0 Å². The van der Waals surface area contributed by atoms with E-state index >= 15 is 0 Å². The van der Waals surface area contributed by atoms with Gasteiger partial charge in [0, 0.05) is 18.0 Å². The van der Waals surface area contributed by atoms with Crippen LogP contribution in [-0.4, -0.2) is 10.8 Å². The van der Waals surface area contributed by atoms with E-state index in [9.17, 15) is 10.1 Å². The van der Waals surface area contributed by atoms with E-state index in [0.29, 0.717) is 5.88 Å². The Labute approximate surface area is 93.5 Å². The van der Waals surface area contributed by atoms with Crippen molar-refractivity contribution in [3.8, 4) is 0 Å². The van der Waals surface area contributed by atoms with E-state index in [1.54, 1.807) is 12.1 Å². The zero-order valence-electron chi connectivity index (χ0n) is 8.44. The predicted octanol–water partition coefficient (Wildman–Crippen LogP) is 3.55. The standard InChI is InChI=1S/C11H12ClNO2/c1-9-8-11(13(14)15)6-5-10(9)4-2-3-7-12/h2,4-6,8H,3,7H2,1H3. The van der Waals surface area contributed by atoms with Crippen molar-refractivity contribution >= 4 is 23.4 Å². The average Bonchev–Trinajstić information content (AvgIpc) is 2.20. The monoisotopic (exact) mass is 225 g/mol. The van der Waals surface area contributed by atoms with Gasteiger partial charge >= 0.3 is 0 Å². The summed E-state index contributed by atoms with van der Waals surface area (Å²) in [6, 6.07) is 4.83. The third kappa shape index (κ3) is 3.36. The number of alkyl halides is 1. The van der Waals surface area contributed by atoms with Gasteiger partial charge in [-0.2, -0.15) is 0 Å². The van der Waals surface area contributed by atoms with Gasteiger partial charge in [0.05, 0.1) is 4.92 Å². The molecule has 0 saturated carbocycles. The fourth-order valence-corrected chi connectivity index (χ4v) is 1.36. The molecule has 3 nitrogen and oxygen atoms in total. The molecule has 4 heteroatoms. The number of nitrogens with zero attached hydrogens (tertiary/aromatic N) is 1. The van der Waals surface area contributed by atoms with Gasteiger partial charge in [-0.25, -0.2) is 0 Å². The number of aryl methyl sites for hydroxylation is 1. The summed E-state index contributed by atoms with van der Waals surface area (Å²) >= 11 is 5.53. The van der Waals surface area contributed by atoms with Gasteiger partial charge in [-0.05, 0) is 30.5 Å². The van der Waals surface area contributed by atoms with Gasteiger partial charge in [-0.1, -0.05) is 12.2 Å². The fourth-order valence-electron chi connectivity index (χ4n) is 1.23. The van der Waals surface area contributed by atoms with Crippen LogP contribution in [-0.2, 0) is 0 Å². The third-order valence-corrected chi connectivity index (χ3v) is 2.26. The SMILES string of the molecule is Cc1cc([N+](=O)[O-])ccc1C=CCCCl. The van der Waals surface area contributed by atoms with Crippen LogP contribution in [0.15, 0.2) is 24.3 Å². The summed E-state index contributed by atoms with van der Waals surface area (Å²) in [6.07, 6.45) is 4.70. The Bertz CT molecular complexity index is 388. The number of halogens is 1. The minimum absolute atomic E-state index is 0.127. The summed E-state index contributed by atoms with van der Waals surface area (Å²) in [4.78, 5) is 10.1. The molecule has 0 saturated heterocycles. The number of hydrogen-bond acceptors (Lipinski definition) is 2. The first-order valence-corrected chi connectivity index (χ1v) is 5.16. The van der Waals surface area contributed by atoms with Crippen LogP contribution >= 0.6 is 11.6 Å². The first kappa shape index (κ1) is 11.7. The molecule has 1 rings (SSSR count). The molecule has 15 heavy (non-hydrogen) atoms. The van der Waals surface area contributed by atoms with E-state index in [0.717, 1.165) is 17.5 Å². The molecule has 0 radical (unpaired) electrons. The Morgan fingerprint density at radius 1 is 1.53 bits per heavy atom. The second kappa shape index (κ2) is 5.51. The molecule has 0 spiro atoms. The quantitative estimate of drug-likeness (QED) is 0.447. The molecule has 1 aromatic carbocycles. The zero-order chi connectivity index (χ0) is 11.3. The molecule has 0 bridgehead atoms. The zero-order valence-corrected chi connectivity index (χ0v) is 9.20. The topological polar surface area (TPSA) is 43.1 Å². The maximum Gasteiger partial charge on any atom is 0.269 e. The third-order valence-electron chi connectivity index (χ3n) is 2.04. The number of allylic oxidation sites excluding steroid dienone is 1. The second-order valence-corrected chi connectivity index (χ2v) is 3.56. The van der Waals surface area contributed by atoms with E-state index in [-0.39, 0.29) is 10.6 Å². The Morgan fingerprint density at radius 2 is 2.27 bits per heavy atom. The van der Waals surface area contributed by atoms with Crippen molar-refractivity contribution in [2.24, 2.45) is 0 Å². The highest BCUT2D eigenvalue weighted by Gasteiger charge is 2.05. The van der Waals surface area contributed by atoms with Crippen molar-refractivity contribution in [1.82, 2.24) is 0 Å². The van der Waals surface area contributed by atoms with E-state index in [1.807, 2.05) is 19.1 Å². The highest BCUT2D eigenvalue weighted by atomic mass is 35.5.